The Kier molecular flexibility index (Phi) is 6.49. The van der Waals surface area contributed by atoms with E-state index in [9.17, 15) is 10.1 Å². The molecule has 1 heterocycles. The standard InChI is InChI=1S/C20H25N3O4/c1-26-20-6-3-2-5-19(20)22-14-12-21(13-15-22)11-4-16-27-18-9-7-17(8-10-18)23(24)25/h2-3,5-10H,4,11-16H2,1H3. The van der Waals surface area contributed by atoms with E-state index >= 15 is 0 Å². The SMILES string of the molecule is COc1ccccc1N1CCN(CCCOc2ccc([N+](=O)[O-])cc2)CC1. The molecule has 0 bridgehead atoms. The lowest BCUT2D eigenvalue weighted by atomic mass is 10.2. The number of nitro benzene ring substituents is 1. The second-order valence-corrected chi connectivity index (χ2v) is 6.45. The summed E-state index contributed by atoms with van der Waals surface area (Å²) in [5, 5.41) is 10.6. The third-order valence-electron chi connectivity index (χ3n) is 4.73. The summed E-state index contributed by atoms with van der Waals surface area (Å²) in [5.74, 6) is 1.59. The first-order valence-electron chi connectivity index (χ1n) is 9.15. The lowest BCUT2D eigenvalue weighted by molar-refractivity contribution is -0.384. The molecule has 3 rings (SSSR count). The maximum atomic E-state index is 10.6. The molecule has 27 heavy (non-hydrogen) atoms. The number of hydrogen-bond acceptors (Lipinski definition) is 6. The second-order valence-electron chi connectivity index (χ2n) is 6.45. The van der Waals surface area contributed by atoms with E-state index in [1.165, 1.54) is 12.1 Å². The van der Waals surface area contributed by atoms with Crippen molar-refractivity contribution in [1.29, 1.82) is 0 Å². The highest BCUT2D eigenvalue weighted by atomic mass is 16.6. The van der Waals surface area contributed by atoms with Gasteiger partial charge >= 0.3 is 0 Å². The Morgan fingerprint density at radius 1 is 1.04 bits per heavy atom. The Morgan fingerprint density at radius 2 is 1.74 bits per heavy atom. The fourth-order valence-corrected chi connectivity index (χ4v) is 3.25. The van der Waals surface area contributed by atoms with Crippen molar-refractivity contribution in [1.82, 2.24) is 4.90 Å². The zero-order chi connectivity index (χ0) is 19.1. The van der Waals surface area contributed by atoms with Gasteiger partial charge in [-0.25, -0.2) is 0 Å². The fourth-order valence-electron chi connectivity index (χ4n) is 3.25. The van der Waals surface area contributed by atoms with Gasteiger partial charge in [0, 0.05) is 44.9 Å². The molecule has 0 aromatic heterocycles. The van der Waals surface area contributed by atoms with Crippen LogP contribution in [-0.4, -0.2) is 56.3 Å². The van der Waals surface area contributed by atoms with Gasteiger partial charge in [-0.2, -0.15) is 0 Å². The highest BCUT2D eigenvalue weighted by molar-refractivity contribution is 5.58. The molecule has 7 heteroatoms. The molecule has 144 valence electrons. The van der Waals surface area contributed by atoms with Crippen molar-refractivity contribution < 1.29 is 14.4 Å². The number of ether oxygens (including phenoxy) is 2. The normalized spacial score (nSPS) is 14.8. The van der Waals surface area contributed by atoms with Crippen LogP contribution >= 0.6 is 0 Å². The molecule has 0 N–H and O–H groups in total. The van der Waals surface area contributed by atoms with Crippen molar-refractivity contribution >= 4 is 11.4 Å². The molecule has 2 aromatic carbocycles. The van der Waals surface area contributed by atoms with Crippen LogP contribution in [0.5, 0.6) is 11.5 Å². The molecule has 1 saturated heterocycles. The van der Waals surface area contributed by atoms with Gasteiger partial charge in [0.05, 0.1) is 24.3 Å². The molecule has 7 nitrogen and oxygen atoms in total. The number of benzene rings is 2. The topological polar surface area (TPSA) is 68.1 Å². The van der Waals surface area contributed by atoms with Crippen LogP contribution in [0.4, 0.5) is 11.4 Å². The number of anilines is 1. The summed E-state index contributed by atoms with van der Waals surface area (Å²) in [5.41, 5.74) is 1.23. The van der Waals surface area contributed by atoms with Crippen LogP contribution in [0.3, 0.4) is 0 Å². The van der Waals surface area contributed by atoms with Crippen molar-refractivity contribution in [2.75, 3.05) is 51.3 Å². The smallest absolute Gasteiger partial charge is 0.269 e. The quantitative estimate of drug-likeness (QED) is 0.403. The molecule has 1 fully saturated rings. The number of hydrogen-bond donors (Lipinski definition) is 0. The van der Waals surface area contributed by atoms with Crippen LogP contribution in [0, 0.1) is 10.1 Å². The molecule has 0 aliphatic carbocycles. The molecule has 0 atom stereocenters. The summed E-state index contributed by atoms with van der Waals surface area (Å²) in [7, 11) is 1.71. The maximum Gasteiger partial charge on any atom is 0.269 e. The van der Waals surface area contributed by atoms with Gasteiger partial charge in [-0.1, -0.05) is 12.1 Å². The summed E-state index contributed by atoms with van der Waals surface area (Å²) in [4.78, 5) is 15.0. The van der Waals surface area contributed by atoms with Gasteiger partial charge in [0.2, 0.25) is 0 Å². The summed E-state index contributed by atoms with van der Waals surface area (Å²) >= 11 is 0. The fraction of sp³-hybridized carbons (Fsp3) is 0.400. The molecule has 1 aliphatic rings. The summed E-state index contributed by atoms with van der Waals surface area (Å²) in [6.07, 6.45) is 0.922. The predicted molar refractivity (Wildman–Crippen MR) is 105 cm³/mol. The van der Waals surface area contributed by atoms with E-state index in [0.717, 1.165) is 50.6 Å². The van der Waals surface area contributed by atoms with E-state index in [2.05, 4.69) is 15.9 Å². The summed E-state index contributed by atoms with van der Waals surface area (Å²) < 4.78 is 11.1. The minimum absolute atomic E-state index is 0.0790. The molecule has 0 unspecified atom stereocenters. The van der Waals surface area contributed by atoms with E-state index in [1.807, 2.05) is 18.2 Å². The third-order valence-corrected chi connectivity index (χ3v) is 4.73. The van der Waals surface area contributed by atoms with Gasteiger partial charge in [-0.3, -0.25) is 15.0 Å². The van der Waals surface area contributed by atoms with Gasteiger partial charge < -0.3 is 14.4 Å². The van der Waals surface area contributed by atoms with E-state index in [1.54, 1.807) is 19.2 Å². The first-order chi connectivity index (χ1) is 13.2. The van der Waals surface area contributed by atoms with Crippen LogP contribution < -0.4 is 14.4 Å². The van der Waals surface area contributed by atoms with Crippen molar-refractivity contribution in [3.05, 3.63) is 58.6 Å². The number of nitrogens with zero attached hydrogens (tertiary/aromatic N) is 3. The number of piperazine rings is 1. The molecule has 0 radical (unpaired) electrons. The first kappa shape index (κ1) is 19.0. The third kappa shape index (κ3) is 5.10. The lowest BCUT2D eigenvalue weighted by Gasteiger charge is -2.36. The molecule has 1 aliphatic heterocycles. The Morgan fingerprint density at radius 3 is 2.41 bits per heavy atom. The van der Waals surface area contributed by atoms with Gasteiger partial charge in [0.25, 0.3) is 5.69 Å². The average molecular weight is 371 g/mol. The van der Waals surface area contributed by atoms with Crippen molar-refractivity contribution in [2.45, 2.75) is 6.42 Å². The number of non-ortho nitro benzene ring substituents is 1. The van der Waals surface area contributed by atoms with Gasteiger partial charge in [0.15, 0.2) is 0 Å². The van der Waals surface area contributed by atoms with Gasteiger partial charge in [0.1, 0.15) is 11.5 Å². The maximum absolute atomic E-state index is 10.6. The highest BCUT2D eigenvalue weighted by Crippen LogP contribution is 2.28. The minimum atomic E-state index is -0.408. The minimum Gasteiger partial charge on any atom is -0.495 e. The lowest BCUT2D eigenvalue weighted by Crippen LogP contribution is -2.46. The van der Waals surface area contributed by atoms with Crippen LogP contribution in [0.1, 0.15) is 6.42 Å². The number of nitro groups is 1. The molecular weight excluding hydrogens is 346 g/mol. The Balaban J connectivity index is 1.38. The van der Waals surface area contributed by atoms with Crippen LogP contribution in [0.15, 0.2) is 48.5 Å². The highest BCUT2D eigenvalue weighted by Gasteiger charge is 2.19. The van der Waals surface area contributed by atoms with E-state index in [0.29, 0.717) is 12.4 Å². The monoisotopic (exact) mass is 371 g/mol. The average Bonchev–Trinajstić information content (AvgIpc) is 2.72. The zero-order valence-electron chi connectivity index (χ0n) is 15.5. The molecule has 0 saturated carbocycles. The Hall–Kier alpha value is -2.80. The zero-order valence-corrected chi connectivity index (χ0v) is 15.5. The van der Waals surface area contributed by atoms with Crippen LogP contribution in [0.2, 0.25) is 0 Å². The Bertz CT molecular complexity index is 743. The van der Waals surface area contributed by atoms with E-state index in [-0.39, 0.29) is 5.69 Å². The molecule has 0 amide bonds. The van der Waals surface area contributed by atoms with Gasteiger partial charge in [-0.15, -0.1) is 0 Å². The van der Waals surface area contributed by atoms with Crippen molar-refractivity contribution in [3.8, 4) is 11.5 Å². The number of para-hydroxylation sites is 2. The summed E-state index contributed by atoms with van der Waals surface area (Å²) in [6, 6.07) is 14.3. The van der Waals surface area contributed by atoms with Crippen LogP contribution in [-0.2, 0) is 0 Å². The summed E-state index contributed by atoms with van der Waals surface area (Å²) in [6.45, 7) is 5.55. The molecule has 0 spiro atoms. The van der Waals surface area contributed by atoms with Crippen LogP contribution in [0.25, 0.3) is 0 Å². The largest absolute Gasteiger partial charge is 0.495 e. The van der Waals surface area contributed by atoms with E-state index in [4.69, 9.17) is 9.47 Å². The van der Waals surface area contributed by atoms with Gasteiger partial charge in [-0.05, 0) is 30.7 Å². The first-order valence-corrected chi connectivity index (χ1v) is 9.15. The second kappa shape index (κ2) is 9.23. The van der Waals surface area contributed by atoms with Crippen molar-refractivity contribution in [3.63, 3.8) is 0 Å². The van der Waals surface area contributed by atoms with Crippen molar-refractivity contribution in [2.24, 2.45) is 0 Å². The number of rotatable bonds is 8. The van der Waals surface area contributed by atoms with E-state index < -0.39 is 4.92 Å². The number of methoxy groups -OCH3 is 1. The predicted octanol–water partition coefficient (Wildman–Crippen LogP) is 3.19. The molecular formula is C20H25N3O4. The Labute approximate surface area is 159 Å². The molecule has 2 aromatic rings.